The van der Waals surface area contributed by atoms with Gasteiger partial charge in [-0.15, -0.1) is 0 Å². The van der Waals surface area contributed by atoms with Gasteiger partial charge in [-0.1, -0.05) is 30.3 Å². The predicted octanol–water partition coefficient (Wildman–Crippen LogP) is 6.85. The fourth-order valence-electron chi connectivity index (χ4n) is 4.10. The first-order chi connectivity index (χ1) is 17.3. The number of halogens is 1. The Morgan fingerprint density at radius 3 is 2.22 bits per heavy atom. The number of aromatic nitrogens is 1. The second-order valence-corrected chi connectivity index (χ2v) is 11.9. The van der Waals surface area contributed by atoms with Gasteiger partial charge in [0.25, 0.3) is 5.91 Å². The van der Waals surface area contributed by atoms with Gasteiger partial charge in [0.15, 0.2) is 0 Å². The Balaban J connectivity index is 1.94. The van der Waals surface area contributed by atoms with Crippen molar-refractivity contribution >= 4 is 63.1 Å². The van der Waals surface area contributed by atoms with Crippen molar-refractivity contribution in [1.29, 1.82) is 0 Å². The summed E-state index contributed by atoms with van der Waals surface area (Å²) >= 11 is 2.16. The van der Waals surface area contributed by atoms with Gasteiger partial charge in [0.1, 0.15) is 17.0 Å². The first kappa shape index (κ1) is 26.8. The molecule has 2 aromatic carbocycles. The Labute approximate surface area is 230 Å². The number of hydrogen-bond donors (Lipinski definition) is 0. The summed E-state index contributed by atoms with van der Waals surface area (Å²) < 4.78 is 12.1. The zero-order valence-corrected chi connectivity index (χ0v) is 24.0. The van der Waals surface area contributed by atoms with Crippen LogP contribution in [0.5, 0.6) is 0 Å². The number of anilines is 2. The molecular formula is C28H30IN3O5. The molecule has 9 heteroatoms. The molecule has 0 radical (unpaired) electrons. The van der Waals surface area contributed by atoms with Crippen molar-refractivity contribution < 1.29 is 23.9 Å². The van der Waals surface area contributed by atoms with E-state index in [1.807, 2.05) is 36.4 Å². The monoisotopic (exact) mass is 615 g/mol. The maximum atomic E-state index is 13.8. The first-order valence-corrected chi connectivity index (χ1v) is 13.1. The lowest BCUT2D eigenvalue weighted by Gasteiger charge is -2.33. The molecule has 37 heavy (non-hydrogen) atoms. The molecule has 1 aromatic heterocycles. The highest BCUT2D eigenvalue weighted by Crippen LogP contribution is 2.38. The van der Waals surface area contributed by atoms with E-state index < -0.39 is 29.3 Å². The summed E-state index contributed by atoms with van der Waals surface area (Å²) in [5.41, 5.74) is 0.516. The molecule has 0 spiro atoms. The van der Waals surface area contributed by atoms with Crippen LogP contribution in [0.25, 0.3) is 10.9 Å². The summed E-state index contributed by atoms with van der Waals surface area (Å²) in [4.78, 5) is 47.7. The maximum Gasteiger partial charge on any atom is 0.420 e. The van der Waals surface area contributed by atoms with E-state index in [1.165, 1.54) is 4.90 Å². The first-order valence-electron chi connectivity index (χ1n) is 12.0. The molecule has 8 nitrogen and oxygen atoms in total. The smallest absolute Gasteiger partial charge is 0.420 e. The second-order valence-electron chi connectivity index (χ2n) is 10.8. The van der Waals surface area contributed by atoms with Crippen molar-refractivity contribution in [3.8, 4) is 0 Å². The molecule has 4 rings (SSSR count). The number of nitrogens with zero attached hydrogens (tertiary/aromatic N) is 3. The average molecular weight is 615 g/mol. The third-order valence-electron chi connectivity index (χ3n) is 5.51. The minimum Gasteiger partial charge on any atom is -0.443 e. The number of pyridine rings is 1. The van der Waals surface area contributed by atoms with Gasteiger partial charge in [-0.25, -0.2) is 24.4 Å². The van der Waals surface area contributed by atoms with Gasteiger partial charge >= 0.3 is 12.2 Å². The average Bonchev–Trinajstić information content (AvgIpc) is 2.78. The number of carbonyl (C=O) groups excluding carboxylic acids is 3. The van der Waals surface area contributed by atoms with Crippen LogP contribution in [0.2, 0.25) is 0 Å². The SMILES string of the molecule is CC(C)(C)OC(=O)N1CCc2c(N(C(=O)OC(C)(C)C)c3ccccc3I)nc3ccccc3c2C1=O. The molecule has 194 valence electrons. The fourth-order valence-corrected chi connectivity index (χ4v) is 4.72. The molecular weight excluding hydrogens is 585 g/mol. The van der Waals surface area contributed by atoms with Crippen LogP contribution in [-0.4, -0.2) is 45.7 Å². The zero-order chi connectivity index (χ0) is 27.1. The summed E-state index contributed by atoms with van der Waals surface area (Å²) in [6, 6.07) is 14.6. The van der Waals surface area contributed by atoms with Gasteiger partial charge in [-0.05, 0) is 88.8 Å². The third kappa shape index (κ3) is 5.71. The Morgan fingerprint density at radius 1 is 0.946 bits per heavy atom. The van der Waals surface area contributed by atoms with Gasteiger partial charge in [0.2, 0.25) is 0 Å². The standard InChI is InChI=1S/C28H30IN3O5/c1-27(2,3)36-25(34)31-16-15-18-22(24(31)33)17-11-7-9-13-20(17)30-23(18)32(26(35)37-28(4,5)6)21-14-10-8-12-19(21)29/h7-14H,15-16H2,1-6H3. The van der Waals surface area contributed by atoms with Gasteiger partial charge in [-0.3, -0.25) is 4.79 Å². The largest absolute Gasteiger partial charge is 0.443 e. The topological polar surface area (TPSA) is 89.0 Å². The van der Waals surface area contributed by atoms with Gasteiger partial charge in [0, 0.05) is 21.1 Å². The summed E-state index contributed by atoms with van der Waals surface area (Å²) in [7, 11) is 0. The highest BCUT2D eigenvalue weighted by molar-refractivity contribution is 14.1. The molecule has 1 aliphatic heterocycles. The normalized spacial score (nSPS) is 13.8. The van der Waals surface area contributed by atoms with E-state index in [9.17, 15) is 14.4 Å². The molecule has 2 heterocycles. The molecule has 0 saturated heterocycles. The Kier molecular flexibility index (Phi) is 7.20. The summed E-state index contributed by atoms with van der Waals surface area (Å²) in [6.07, 6.45) is -1.01. The van der Waals surface area contributed by atoms with Crippen molar-refractivity contribution in [3.05, 3.63) is 63.2 Å². The van der Waals surface area contributed by atoms with Gasteiger partial charge in [0.05, 0.1) is 16.8 Å². The number of benzene rings is 2. The van der Waals surface area contributed by atoms with Gasteiger partial charge in [-0.2, -0.15) is 0 Å². The van der Waals surface area contributed by atoms with E-state index in [4.69, 9.17) is 14.5 Å². The van der Waals surface area contributed by atoms with E-state index in [0.29, 0.717) is 40.0 Å². The van der Waals surface area contributed by atoms with E-state index in [0.717, 1.165) is 8.47 Å². The molecule has 3 aromatic rings. The third-order valence-corrected chi connectivity index (χ3v) is 6.42. The number of imide groups is 1. The van der Waals surface area contributed by atoms with Crippen molar-refractivity contribution in [1.82, 2.24) is 9.88 Å². The molecule has 0 aliphatic carbocycles. The molecule has 0 atom stereocenters. The molecule has 0 unspecified atom stereocenters. The van der Waals surface area contributed by atoms with E-state index in [1.54, 1.807) is 53.7 Å². The minimum atomic E-state index is -0.754. The van der Waals surface area contributed by atoms with Crippen molar-refractivity contribution in [3.63, 3.8) is 0 Å². The summed E-state index contributed by atoms with van der Waals surface area (Å²) in [5.74, 6) is -0.175. The lowest BCUT2D eigenvalue weighted by atomic mass is 9.95. The van der Waals surface area contributed by atoms with Crippen LogP contribution < -0.4 is 4.90 Å². The second kappa shape index (κ2) is 9.92. The molecule has 0 bridgehead atoms. The van der Waals surface area contributed by atoms with Crippen LogP contribution in [0.15, 0.2) is 48.5 Å². The van der Waals surface area contributed by atoms with Crippen LogP contribution in [0.3, 0.4) is 0 Å². The highest BCUT2D eigenvalue weighted by Gasteiger charge is 2.38. The van der Waals surface area contributed by atoms with E-state index in [2.05, 4.69) is 22.6 Å². The van der Waals surface area contributed by atoms with Crippen LogP contribution >= 0.6 is 22.6 Å². The minimum absolute atomic E-state index is 0.0990. The molecule has 1 aliphatic rings. The number of rotatable bonds is 2. The van der Waals surface area contributed by atoms with E-state index >= 15 is 0 Å². The number of para-hydroxylation sites is 2. The summed E-state index contributed by atoms with van der Waals surface area (Å²) in [6.45, 7) is 10.8. The maximum absolute atomic E-state index is 13.8. The Bertz CT molecular complexity index is 1390. The van der Waals surface area contributed by atoms with Crippen LogP contribution in [0.4, 0.5) is 21.1 Å². The van der Waals surface area contributed by atoms with Crippen LogP contribution in [0.1, 0.15) is 57.5 Å². The fraction of sp³-hybridized carbons (Fsp3) is 0.357. The number of amides is 3. The lowest BCUT2D eigenvalue weighted by Crippen LogP contribution is -2.45. The summed E-state index contributed by atoms with van der Waals surface area (Å²) in [5, 5.41) is 0.603. The zero-order valence-electron chi connectivity index (χ0n) is 21.8. The molecule has 3 amide bonds. The van der Waals surface area contributed by atoms with E-state index in [-0.39, 0.29) is 6.54 Å². The highest BCUT2D eigenvalue weighted by atomic mass is 127. The van der Waals surface area contributed by atoms with Crippen LogP contribution in [0, 0.1) is 3.57 Å². The van der Waals surface area contributed by atoms with Crippen molar-refractivity contribution in [2.45, 2.75) is 59.2 Å². The van der Waals surface area contributed by atoms with Crippen molar-refractivity contribution in [2.24, 2.45) is 0 Å². The van der Waals surface area contributed by atoms with Crippen molar-refractivity contribution in [2.75, 3.05) is 11.4 Å². The van der Waals surface area contributed by atoms with Gasteiger partial charge < -0.3 is 9.47 Å². The lowest BCUT2D eigenvalue weighted by molar-refractivity contribution is 0.0233. The number of fused-ring (bicyclic) bond motifs is 3. The number of ether oxygens (including phenoxy) is 2. The Hall–Kier alpha value is -3.21. The molecule has 0 N–H and O–H groups in total. The molecule has 0 fully saturated rings. The van der Waals surface area contributed by atoms with Crippen LogP contribution in [-0.2, 0) is 15.9 Å². The Morgan fingerprint density at radius 2 is 1.57 bits per heavy atom. The quantitative estimate of drug-likeness (QED) is 0.293. The predicted molar refractivity (Wildman–Crippen MR) is 150 cm³/mol. The number of carbonyl (C=O) groups is 3. The number of hydrogen-bond acceptors (Lipinski definition) is 6. The molecule has 0 saturated carbocycles.